The van der Waals surface area contributed by atoms with E-state index < -0.39 is 0 Å². The molecule has 0 spiro atoms. The average molecular weight is 391 g/mol. The summed E-state index contributed by atoms with van der Waals surface area (Å²) in [4.78, 5) is 26.0. The third-order valence-electron chi connectivity index (χ3n) is 4.80. The third-order valence-corrected chi connectivity index (χ3v) is 4.80. The second-order valence-corrected chi connectivity index (χ2v) is 7.36. The summed E-state index contributed by atoms with van der Waals surface area (Å²) in [6, 6.07) is 15.8. The number of amides is 1. The number of furan rings is 1. The van der Waals surface area contributed by atoms with Crippen molar-refractivity contribution in [1.29, 1.82) is 0 Å². The molecule has 2 aromatic heterocycles. The number of carbonyl (C=O) groups excluding carboxylic acids is 1. The normalized spacial score (nSPS) is 14.3. The highest BCUT2D eigenvalue weighted by Crippen LogP contribution is 2.24. The molecule has 0 saturated carbocycles. The molecule has 0 radical (unpaired) electrons. The molecule has 7 heteroatoms. The van der Waals surface area contributed by atoms with E-state index in [1.54, 1.807) is 12.1 Å². The lowest BCUT2D eigenvalue weighted by Crippen LogP contribution is -2.49. The van der Waals surface area contributed by atoms with Gasteiger partial charge in [0.25, 0.3) is 5.91 Å². The summed E-state index contributed by atoms with van der Waals surface area (Å²) in [5.74, 6) is 1.79. The summed E-state index contributed by atoms with van der Waals surface area (Å²) in [7, 11) is 0. The fraction of sp³-hybridized carbons (Fsp3) is 0.318. The van der Waals surface area contributed by atoms with Crippen molar-refractivity contribution in [1.82, 2.24) is 14.9 Å². The lowest BCUT2D eigenvalue weighted by atomic mass is 10.1. The zero-order valence-electron chi connectivity index (χ0n) is 16.7. The maximum atomic E-state index is 12.5. The second kappa shape index (κ2) is 8.34. The predicted molar refractivity (Wildman–Crippen MR) is 113 cm³/mol. The highest BCUT2D eigenvalue weighted by molar-refractivity contribution is 5.91. The molecule has 0 unspecified atom stereocenters. The van der Waals surface area contributed by atoms with Crippen molar-refractivity contribution in [2.45, 2.75) is 19.9 Å². The molecule has 29 heavy (non-hydrogen) atoms. The number of hydrogen-bond acceptors (Lipinski definition) is 6. The first-order valence-electron chi connectivity index (χ1n) is 9.89. The molecule has 1 aromatic carbocycles. The van der Waals surface area contributed by atoms with Crippen LogP contribution in [0.2, 0.25) is 0 Å². The van der Waals surface area contributed by atoms with E-state index in [1.165, 1.54) is 6.26 Å². The van der Waals surface area contributed by atoms with Gasteiger partial charge in [-0.2, -0.15) is 4.98 Å². The molecule has 1 fully saturated rings. The van der Waals surface area contributed by atoms with Crippen molar-refractivity contribution < 1.29 is 9.21 Å². The largest absolute Gasteiger partial charge is 0.459 e. The number of nitrogens with zero attached hydrogens (tertiary/aromatic N) is 4. The maximum Gasteiger partial charge on any atom is 0.289 e. The fourth-order valence-corrected chi connectivity index (χ4v) is 3.37. The number of carbonyl (C=O) groups is 1. The van der Waals surface area contributed by atoms with E-state index in [1.807, 2.05) is 41.3 Å². The molecule has 3 aromatic rings. The zero-order chi connectivity index (χ0) is 20.2. The molecule has 1 aliphatic heterocycles. The SMILES string of the molecule is CC(C)Nc1cc(-c2ccccc2)nc(N2CCN(C(=O)c3ccco3)CC2)n1. The molecule has 1 aliphatic rings. The number of benzene rings is 1. The number of aromatic nitrogens is 2. The lowest BCUT2D eigenvalue weighted by molar-refractivity contribution is 0.0714. The van der Waals surface area contributed by atoms with E-state index in [0.717, 1.165) is 17.1 Å². The van der Waals surface area contributed by atoms with Crippen LogP contribution in [0.1, 0.15) is 24.4 Å². The van der Waals surface area contributed by atoms with E-state index in [2.05, 4.69) is 24.1 Å². The number of anilines is 2. The van der Waals surface area contributed by atoms with Gasteiger partial charge in [0, 0.05) is 43.9 Å². The Bertz CT molecular complexity index is 949. The van der Waals surface area contributed by atoms with Crippen molar-refractivity contribution in [2.24, 2.45) is 0 Å². The first kappa shape index (κ1) is 19.0. The van der Waals surface area contributed by atoms with Gasteiger partial charge in [-0.15, -0.1) is 0 Å². The predicted octanol–water partition coefficient (Wildman–Crippen LogP) is 3.52. The number of nitrogens with one attached hydrogen (secondary N) is 1. The topological polar surface area (TPSA) is 74.5 Å². The Labute approximate surface area is 170 Å². The highest BCUT2D eigenvalue weighted by atomic mass is 16.3. The van der Waals surface area contributed by atoms with Gasteiger partial charge in [-0.3, -0.25) is 4.79 Å². The Morgan fingerprint density at radius 3 is 2.45 bits per heavy atom. The second-order valence-electron chi connectivity index (χ2n) is 7.36. The molecule has 4 rings (SSSR count). The molecule has 150 valence electrons. The summed E-state index contributed by atoms with van der Waals surface area (Å²) in [5.41, 5.74) is 1.93. The Morgan fingerprint density at radius 1 is 1.03 bits per heavy atom. The van der Waals surface area contributed by atoms with Crippen LogP contribution in [0.3, 0.4) is 0 Å². The fourth-order valence-electron chi connectivity index (χ4n) is 3.37. The minimum absolute atomic E-state index is 0.0734. The maximum absolute atomic E-state index is 12.5. The summed E-state index contributed by atoms with van der Waals surface area (Å²) in [6.07, 6.45) is 1.52. The van der Waals surface area contributed by atoms with Gasteiger partial charge in [0.05, 0.1) is 12.0 Å². The van der Waals surface area contributed by atoms with Crippen LogP contribution in [-0.2, 0) is 0 Å². The van der Waals surface area contributed by atoms with Crippen LogP contribution in [-0.4, -0.2) is 53.0 Å². The first-order valence-corrected chi connectivity index (χ1v) is 9.89. The van der Waals surface area contributed by atoms with Crippen molar-refractivity contribution >= 4 is 17.7 Å². The minimum atomic E-state index is -0.0734. The summed E-state index contributed by atoms with van der Waals surface area (Å²) in [5, 5.41) is 3.39. The molecule has 0 aliphatic carbocycles. The third kappa shape index (κ3) is 4.39. The molecule has 1 N–H and O–H groups in total. The molecule has 1 amide bonds. The summed E-state index contributed by atoms with van der Waals surface area (Å²) in [6.45, 7) is 6.72. The van der Waals surface area contributed by atoms with Gasteiger partial charge in [0.1, 0.15) is 5.82 Å². The standard InChI is InChI=1S/C22H25N5O2/c1-16(2)23-20-15-18(17-7-4-3-5-8-17)24-22(25-20)27-12-10-26(11-13-27)21(28)19-9-6-14-29-19/h3-9,14-16H,10-13H2,1-2H3,(H,23,24,25). The quantitative estimate of drug-likeness (QED) is 0.717. The molecule has 3 heterocycles. The molecule has 1 saturated heterocycles. The minimum Gasteiger partial charge on any atom is -0.459 e. The van der Waals surface area contributed by atoms with E-state index in [4.69, 9.17) is 14.4 Å². The van der Waals surface area contributed by atoms with Crippen molar-refractivity contribution in [2.75, 3.05) is 36.4 Å². The average Bonchev–Trinajstić information content (AvgIpc) is 3.28. The van der Waals surface area contributed by atoms with E-state index in [9.17, 15) is 4.79 Å². The van der Waals surface area contributed by atoms with Crippen LogP contribution < -0.4 is 10.2 Å². The Kier molecular flexibility index (Phi) is 5.46. The van der Waals surface area contributed by atoms with Crippen molar-refractivity contribution in [3.63, 3.8) is 0 Å². The van der Waals surface area contributed by atoms with Crippen molar-refractivity contribution in [3.8, 4) is 11.3 Å². The zero-order valence-corrected chi connectivity index (χ0v) is 16.7. The van der Waals surface area contributed by atoms with Crippen molar-refractivity contribution in [3.05, 3.63) is 60.6 Å². The molecule has 7 nitrogen and oxygen atoms in total. The van der Waals surface area contributed by atoms with E-state index in [-0.39, 0.29) is 11.9 Å². The van der Waals surface area contributed by atoms with Crippen LogP contribution >= 0.6 is 0 Å². The highest BCUT2D eigenvalue weighted by Gasteiger charge is 2.25. The smallest absolute Gasteiger partial charge is 0.289 e. The van der Waals surface area contributed by atoms with Crippen LogP contribution in [0.15, 0.2) is 59.2 Å². The van der Waals surface area contributed by atoms with Gasteiger partial charge in [0.2, 0.25) is 5.95 Å². The van der Waals surface area contributed by atoms with Crippen LogP contribution in [0.25, 0.3) is 11.3 Å². The van der Waals surface area contributed by atoms with Gasteiger partial charge in [-0.1, -0.05) is 30.3 Å². The first-order chi connectivity index (χ1) is 14.1. The molecule has 0 bridgehead atoms. The van der Waals surface area contributed by atoms with Gasteiger partial charge >= 0.3 is 0 Å². The molecular weight excluding hydrogens is 366 g/mol. The Hall–Kier alpha value is -3.35. The van der Waals surface area contributed by atoms with E-state index in [0.29, 0.717) is 37.9 Å². The Morgan fingerprint density at radius 2 is 1.79 bits per heavy atom. The molecular formula is C22H25N5O2. The number of hydrogen-bond donors (Lipinski definition) is 1. The lowest BCUT2D eigenvalue weighted by Gasteiger charge is -2.34. The van der Waals surface area contributed by atoms with Crippen LogP contribution in [0, 0.1) is 0 Å². The van der Waals surface area contributed by atoms with E-state index >= 15 is 0 Å². The van der Waals surface area contributed by atoms with Gasteiger partial charge < -0.3 is 19.5 Å². The number of piperazine rings is 1. The van der Waals surface area contributed by atoms with Gasteiger partial charge in [0.15, 0.2) is 5.76 Å². The van der Waals surface area contributed by atoms with Crippen LogP contribution in [0.4, 0.5) is 11.8 Å². The monoisotopic (exact) mass is 391 g/mol. The number of rotatable bonds is 5. The van der Waals surface area contributed by atoms with Gasteiger partial charge in [-0.25, -0.2) is 4.98 Å². The summed E-state index contributed by atoms with van der Waals surface area (Å²) < 4.78 is 5.24. The van der Waals surface area contributed by atoms with Gasteiger partial charge in [-0.05, 0) is 26.0 Å². The summed E-state index contributed by atoms with van der Waals surface area (Å²) >= 11 is 0. The van der Waals surface area contributed by atoms with Crippen LogP contribution in [0.5, 0.6) is 0 Å². The Balaban J connectivity index is 1.54. The molecule has 0 atom stereocenters.